The van der Waals surface area contributed by atoms with Gasteiger partial charge < -0.3 is 16.0 Å². The predicted molar refractivity (Wildman–Crippen MR) is 191 cm³/mol. The molecule has 1 aromatic heterocycles. The second kappa shape index (κ2) is 14.0. The van der Waals surface area contributed by atoms with Crippen molar-refractivity contribution < 1.29 is 4.79 Å². The van der Waals surface area contributed by atoms with Gasteiger partial charge in [-0.2, -0.15) is 0 Å². The molecule has 7 nitrogen and oxygen atoms in total. The predicted octanol–water partition coefficient (Wildman–Crippen LogP) is 8.67. The molecule has 3 fully saturated rings. The molecule has 5 N–H and O–H groups in total. The standard InChI is InChI=1S/C40H50N6O/c41-37(42)29-20-21-40(32-16-6-4-2-1-3-5-7-17-32)26-35(39(47)45-33-18-11-14-30(24-33)38-43-22-23-44-38)46(36(40)25-29)27-31-15-10-13-28-12-8-9-19-34(28)31/h8-15,18-19,22-24,29,32,35-36H,1-7,16-17,20-21,25-27H2,(H3,41,42)(H,43,44)(H,45,47). The molecule has 1 saturated heterocycles. The first-order chi connectivity index (χ1) is 23.0. The van der Waals surface area contributed by atoms with Crippen LogP contribution in [0.3, 0.4) is 0 Å². The van der Waals surface area contributed by atoms with Crippen molar-refractivity contribution in [3.05, 3.63) is 84.7 Å². The van der Waals surface area contributed by atoms with Gasteiger partial charge in [0.1, 0.15) is 5.82 Å². The lowest BCUT2D eigenvalue weighted by molar-refractivity contribution is -0.121. The van der Waals surface area contributed by atoms with E-state index in [1.54, 1.807) is 6.20 Å². The smallest absolute Gasteiger partial charge is 0.241 e. The summed E-state index contributed by atoms with van der Waals surface area (Å²) in [5.41, 5.74) is 9.29. The van der Waals surface area contributed by atoms with Crippen molar-refractivity contribution in [3.63, 3.8) is 0 Å². The molecule has 47 heavy (non-hydrogen) atoms. The fourth-order valence-electron chi connectivity index (χ4n) is 9.42. The molecule has 7 rings (SSSR count). The molecule has 2 aliphatic carbocycles. The maximum absolute atomic E-state index is 14.6. The van der Waals surface area contributed by atoms with Crippen molar-refractivity contribution in [1.82, 2.24) is 14.9 Å². The highest BCUT2D eigenvalue weighted by molar-refractivity contribution is 5.96. The lowest BCUT2D eigenvalue weighted by Crippen LogP contribution is -2.51. The summed E-state index contributed by atoms with van der Waals surface area (Å²) in [5, 5.41) is 14.3. The number of aromatic nitrogens is 2. The van der Waals surface area contributed by atoms with Gasteiger partial charge >= 0.3 is 0 Å². The summed E-state index contributed by atoms with van der Waals surface area (Å²) in [6, 6.07) is 23.1. The van der Waals surface area contributed by atoms with Crippen LogP contribution in [-0.4, -0.2) is 38.7 Å². The van der Waals surface area contributed by atoms with E-state index in [9.17, 15) is 4.79 Å². The highest BCUT2D eigenvalue weighted by Gasteiger charge is 2.59. The number of amides is 1. The maximum Gasteiger partial charge on any atom is 0.241 e. The Morgan fingerprint density at radius 2 is 1.70 bits per heavy atom. The molecule has 2 heterocycles. The van der Waals surface area contributed by atoms with E-state index in [1.807, 2.05) is 30.5 Å². The van der Waals surface area contributed by atoms with Gasteiger partial charge in [0.25, 0.3) is 0 Å². The number of fused-ring (bicyclic) bond motifs is 2. The number of benzene rings is 3. The van der Waals surface area contributed by atoms with E-state index in [1.165, 1.54) is 74.1 Å². The Morgan fingerprint density at radius 1 is 0.957 bits per heavy atom. The van der Waals surface area contributed by atoms with E-state index in [4.69, 9.17) is 11.1 Å². The molecule has 2 saturated carbocycles. The minimum Gasteiger partial charge on any atom is -0.387 e. The molecule has 3 aromatic carbocycles. The average molecular weight is 631 g/mol. The van der Waals surface area contributed by atoms with E-state index in [2.05, 4.69) is 62.6 Å². The van der Waals surface area contributed by atoms with Crippen LogP contribution in [0, 0.1) is 22.7 Å². The molecule has 4 unspecified atom stereocenters. The van der Waals surface area contributed by atoms with Crippen LogP contribution in [0.5, 0.6) is 0 Å². The number of hydrogen-bond acceptors (Lipinski definition) is 4. The molecule has 3 aliphatic rings. The molecular formula is C40H50N6O. The number of carbonyl (C=O) groups excluding carboxylic acids is 1. The van der Waals surface area contributed by atoms with Crippen LogP contribution in [-0.2, 0) is 11.3 Å². The molecule has 246 valence electrons. The number of amidine groups is 1. The Hall–Kier alpha value is -3.97. The summed E-state index contributed by atoms with van der Waals surface area (Å²) in [7, 11) is 0. The number of carbonyl (C=O) groups is 1. The molecule has 0 radical (unpaired) electrons. The summed E-state index contributed by atoms with van der Waals surface area (Å²) in [5.74, 6) is 1.80. The molecular weight excluding hydrogens is 580 g/mol. The Labute approximate surface area is 279 Å². The van der Waals surface area contributed by atoms with Crippen LogP contribution in [0.2, 0.25) is 0 Å². The van der Waals surface area contributed by atoms with Gasteiger partial charge in [0.05, 0.1) is 11.9 Å². The van der Waals surface area contributed by atoms with Gasteiger partial charge in [0.2, 0.25) is 5.91 Å². The number of imidazole rings is 1. The number of aromatic amines is 1. The summed E-state index contributed by atoms with van der Waals surface area (Å²) in [6.07, 6.45) is 19.0. The third-order valence-corrected chi connectivity index (χ3v) is 11.8. The van der Waals surface area contributed by atoms with Crippen LogP contribution in [0.15, 0.2) is 79.1 Å². The largest absolute Gasteiger partial charge is 0.387 e. The summed E-state index contributed by atoms with van der Waals surface area (Å²) < 4.78 is 0. The van der Waals surface area contributed by atoms with Crippen LogP contribution < -0.4 is 11.1 Å². The molecule has 7 heteroatoms. The molecule has 4 atom stereocenters. The van der Waals surface area contributed by atoms with Gasteiger partial charge in [-0.1, -0.05) is 99.5 Å². The average Bonchev–Trinajstić information content (AvgIpc) is 3.75. The normalized spacial score (nSPS) is 26.1. The van der Waals surface area contributed by atoms with Gasteiger partial charge in [-0.3, -0.25) is 15.1 Å². The van der Waals surface area contributed by atoms with Gasteiger partial charge in [-0.05, 0) is 78.3 Å². The lowest BCUT2D eigenvalue weighted by atomic mass is 9.58. The highest BCUT2D eigenvalue weighted by Crippen LogP contribution is 2.58. The summed E-state index contributed by atoms with van der Waals surface area (Å²) in [6.45, 7) is 0.704. The topological polar surface area (TPSA) is 111 Å². The number of nitrogens with one attached hydrogen (secondary N) is 3. The SMILES string of the molecule is N=C(N)C1CCC2(C3CCCCCCCCC3)CC(C(=O)Nc3cccc(-c4ncc[nH]4)c3)N(Cc3cccc4ccccc34)C2C1. The summed E-state index contributed by atoms with van der Waals surface area (Å²) in [4.78, 5) is 24.8. The number of anilines is 1. The Balaban J connectivity index is 1.27. The van der Waals surface area contributed by atoms with Crippen molar-refractivity contribution in [2.24, 2.45) is 23.0 Å². The van der Waals surface area contributed by atoms with Crippen molar-refractivity contribution in [1.29, 1.82) is 5.41 Å². The first-order valence-corrected chi connectivity index (χ1v) is 18.0. The quantitative estimate of drug-likeness (QED) is 0.121. The van der Waals surface area contributed by atoms with E-state index >= 15 is 0 Å². The van der Waals surface area contributed by atoms with E-state index < -0.39 is 0 Å². The Morgan fingerprint density at radius 3 is 2.47 bits per heavy atom. The number of nitrogens with two attached hydrogens (primary N) is 1. The third-order valence-electron chi connectivity index (χ3n) is 11.8. The number of H-pyrrole nitrogens is 1. The molecule has 1 amide bonds. The van der Waals surface area contributed by atoms with E-state index in [0.717, 1.165) is 42.8 Å². The first-order valence-electron chi connectivity index (χ1n) is 18.0. The minimum atomic E-state index is -0.271. The number of likely N-dealkylation sites (tertiary alicyclic amines) is 1. The zero-order valence-corrected chi connectivity index (χ0v) is 27.6. The maximum atomic E-state index is 14.6. The first kappa shape index (κ1) is 31.6. The fourth-order valence-corrected chi connectivity index (χ4v) is 9.42. The third kappa shape index (κ3) is 6.60. The lowest BCUT2D eigenvalue weighted by Gasteiger charge is -2.49. The van der Waals surface area contributed by atoms with Crippen molar-refractivity contribution in [3.8, 4) is 11.4 Å². The second-order valence-corrected chi connectivity index (χ2v) is 14.5. The number of nitrogens with zero attached hydrogens (tertiary/aromatic N) is 2. The van der Waals surface area contributed by atoms with Gasteiger partial charge in [0.15, 0.2) is 0 Å². The van der Waals surface area contributed by atoms with Crippen molar-refractivity contribution in [2.75, 3.05) is 5.32 Å². The molecule has 4 aromatic rings. The van der Waals surface area contributed by atoms with E-state index in [-0.39, 0.29) is 29.3 Å². The Kier molecular flexibility index (Phi) is 9.44. The van der Waals surface area contributed by atoms with Crippen LogP contribution in [0.25, 0.3) is 22.2 Å². The Bertz CT molecular complexity index is 1670. The molecule has 1 aliphatic heterocycles. The summed E-state index contributed by atoms with van der Waals surface area (Å²) >= 11 is 0. The van der Waals surface area contributed by atoms with Crippen LogP contribution in [0.1, 0.15) is 89.0 Å². The molecule has 0 bridgehead atoms. The minimum absolute atomic E-state index is 0.0355. The second-order valence-electron chi connectivity index (χ2n) is 14.5. The van der Waals surface area contributed by atoms with Crippen LogP contribution in [0.4, 0.5) is 5.69 Å². The molecule has 0 spiro atoms. The zero-order chi connectivity index (χ0) is 32.2. The van der Waals surface area contributed by atoms with Gasteiger partial charge in [-0.25, -0.2) is 4.98 Å². The van der Waals surface area contributed by atoms with Crippen molar-refractivity contribution in [2.45, 2.75) is 102 Å². The highest BCUT2D eigenvalue weighted by atomic mass is 16.2. The fraction of sp³-hybridized carbons (Fsp3) is 0.475. The van der Waals surface area contributed by atoms with Gasteiger partial charge in [0, 0.05) is 42.1 Å². The number of rotatable bonds is 7. The van der Waals surface area contributed by atoms with Crippen LogP contribution >= 0.6 is 0 Å². The zero-order valence-electron chi connectivity index (χ0n) is 27.6. The van der Waals surface area contributed by atoms with Crippen molar-refractivity contribution >= 4 is 28.2 Å². The van der Waals surface area contributed by atoms with E-state index in [0.29, 0.717) is 18.3 Å². The number of hydrogen-bond donors (Lipinski definition) is 4. The monoisotopic (exact) mass is 630 g/mol. The van der Waals surface area contributed by atoms with Gasteiger partial charge in [-0.15, -0.1) is 0 Å².